The molecular weight excluding hydrogens is 268 g/mol. The van der Waals surface area contributed by atoms with Gasteiger partial charge >= 0.3 is 12.0 Å². The Morgan fingerprint density at radius 3 is 2.67 bits per heavy atom. The van der Waals surface area contributed by atoms with Gasteiger partial charge in [-0.25, -0.2) is 4.79 Å². The largest absolute Gasteiger partial charge is 0.481 e. The quantitative estimate of drug-likeness (QED) is 0.810. The standard InChI is InChI=1S/C16H22N2O3/c1-2-11-18(13-8-9-13)16(21)17-14-6-4-3-5-12(14)7-10-15(19)20/h3-6,13H,2,7-11H2,1H3,(H,17,21)(H,19,20). The van der Waals surface area contributed by atoms with E-state index in [1.165, 1.54) is 0 Å². The molecule has 114 valence electrons. The Morgan fingerprint density at radius 2 is 2.05 bits per heavy atom. The number of benzene rings is 1. The number of urea groups is 1. The van der Waals surface area contributed by atoms with Crippen molar-refractivity contribution in [1.29, 1.82) is 0 Å². The molecule has 0 heterocycles. The third-order valence-electron chi connectivity index (χ3n) is 3.58. The van der Waals surface area contributed by atoms with E-state index in [1.54, 1.807) is 0 Å². The van der Waals surface area contributed by atoms with E-state index in [0.29, 0.717) is 18.2 Å². The first-order valence-corrected chi connectivity index (χ1v) is 7.49. The first kappa shape index (κ1) is 15.4. The molecule has 1 aromatic rings. The number of carbonyl (C=O) groups excluding carboxylic acids is 1. The fraction of sp³-hybridized carbons (Fsp3) is 0.500. The van der Waals surface area contributed by atoms with Crippen LogP contribution >= 0.6 is 0 Å². The van der Waals surface area contributed by atoms with Gasteiger partial charge in [0.1, 0.15) is 0 Å². The van der Waals surface area contributed by atoms with Crippen LogP contribution in [0, 0.1) is 0 Å². The number of amides is 2. The summed E-state index contributed by atoms with van der Waals surface area (Å²) >= 11 is 0. The van der Waals surface area contributed by atoms with Crippen LogP contribution in [-0.4, -0.2) is 34.6 Å². The molecule has 1 fully saturated rings. The number of carbonyl (C=O) groups is 2. The number of para-hydroxylation sites is 1. The fourth-order valence-electron chi connectivity index (χ4n) is 2.37. The highest BCUT2D eigenvalue weighted by molar-refractivity contribution is 5.90. The van der Waals surface area contributed by atoms with Gasteiger partial charge in [-0.1, -0.05) is 25.1 Å². The molecular formula is C16H22N2O3. The van der Waals surface area contributed by atoms with Gasteiger partial charge in [0.25, 0.3) is 0 Å². The average molecular weight is 290 g/mol. The number of rotatable bonds is 7. The van der Waals surface area contributed by atoms with E-state index >= 15 is 0 Å². The molecule has 2 amide bonds. The molecule has 0 unspecified atom stereocenters. The Morgan fingerprint density at radius 1 is 1.33 bits per heavy atom. The van der Waals surface area contributed by atoms with E-state index in [4.69, 9.17) is 5.11 Å². The Labute approximate surface area is 125 Å². The molecule has 0 aromatic heterocycles. The Kier molecular flexibility index (Phi) is 5.20. The van der Waals surface area contributed by atoms with Crippen molar-refractivity contribution in [3.8, 4) is 0 Å². The number of nitrogens with zero attached hydrogens (tertiary/aromatic N) is 1. The third kappa shape index (κ3) is 4.48. The van der Waals surface area contributed by atoms with Crippen LogP contribution in [0.4, 0.5) is 10.5 Å². The molecule has 1 aromatic carbocycles. The molecule has 1 aliphatic carbocycles. The molecule has 5 nitrogen and oxygen atoms in total. The van der Waals surface area contributed by atoms with Crippen LogP contribution in [0.25, 0.3) is 0 Å². The summed E-state index contributed by atoms with van der Waals surface area (Å²) in [6, 6.07) is 7.68. The normalized spacial score (nSPS) is 13.8. The van der Waals surface area contributed by atoms with Gasteiger partial charge in [-0.05, 0) is 37.3 Å². The first-order chi connectivity index (χ1) is 10.1. The third-order valence-corrected chi connectivity index (χ3v) is 3.58. The van der Waals surface area contributed by atoms with Crippen LogP contribution in [0.3, 0.4) is 0 Å². The van der Waals surface area contributed by atoms with Gasteiger partial charge in [0.05, 0.1) is 0 Å². The van der Waals surface area contributed by atoms with E-state index in [9.17, 15) is 9.59 Å². The predicted molar refractivity (Wildman–Crippen MR) is 81.4 cm³/mol. The van der Waals surface area contributed by atoms with Crippen molar-refractivity contribution in [2.45, 2.75) is 45.1 Å². The zero-order chi connectivity index (χ0) is 15.2. The highest BCUT2D eigenvalue weighted by atomic mass is 16.4. The maximum atomic E-state index is 12.4. The fourth-order valence-corrected chi connectivity index (χ4v) is 2.37. The SMILES string of the molecule is CCCN(C(=O)Nc1ccccc1CCC(=O)O)C1CC1. The van der Waals surface area contributed by atoms with E-state index in [0.717, 1.165) is 31.4 Å². The van der Waals surface area contributed by atoms with Crippen molar-refractivity contribution in [2.75, 3.05) is 11.9 Å². The highest BCUT2D eigenvalue weighted by Crippen LogP contribution is 2.28. The number of hydrogen-bond donors (Lipinski definition) is 2. The Hall–Kier alpha value is -2.04. The van der Waals surface area contributed by atoms with E-state index < -0.39 is 5.97 Å². The molecule has 2 rings (SSSR count). The lowest BCUT2D eigenvalue weighted by Gasteiger charge is -2.23. The summed E-state index contributed by atoms with van der Waals surface area (Å²) in [5.41, 5.74) is 1.57. The number of carboxylic acid groups (broad SMARTS) is 1. The van der Waals surface area contributed by atoms with Crippen molar-refractivity contribution >= 4 is 17.7 Å². The number of aryl methyl sites for hydroxylation is 1. The Bertz CT molecular complexity index is 512. The summed E-state index contributed by atoms with van der Waals surface area (Å²) in [5.74, 6) is -0.832. The molecule has 0 saturated heterocycles. The van der Waals surface area contributed by atoms with Crippen molar-refractivity contribution in [3.63, 3.8) is 0 Å². The second-order valence-corrected chi connectivity index (χ2v) is 5.41. The number of carboxylic acids is 1. The molecule has 0 spiro atoms. The van der Waals surface area contributed by atoms with E-state index in [-0.39, 0.29) is 12.5 Å². The van der Waals surface area contributed by atoms with Gasteiger partial charge in [0.15, 0.2) is 0 Å². The summed E-state index contributed by atoms with van der Waals surface area (Å²) in [5, 5.41) is 11.7. The molecule has 21 heavy (non-hydrogen) atoms. The van der Waals surface area contributed by atoms with Crippen molar-refractivity contribution in [1.82, 2.24) is 4.90 Å². The van der Waals surface area contributed by atoms with Gasteiger partial charge in [-0.3, -0.25) is 4.79 Å². The molecule has 0 atom stereocenters. The maximum absolute atomic E-state index is 12.4. The number of hydrogen-bond acceptors (Lipinski definition) is 2. The van der Waals surface area contributed by atoms with Gasteiger partial charge in [-0.2, -0.15) is 0 Å². The van der Waals surface area contributed by atoms with Gasteiger partial charge in [0, 0.05) is 24.7 Å². The maximum Gasteiger partial charge on any atom is 0.322 e. The first-order valence-electron chi connectivity index (χ1n) is 7.49. The van der Waals surface area contributed by atoms with Crippen LogP contribution < -0.4 is 5.32 Å². The summed E-state index contributed by atoms with van der Waals surface area (Å²) in [6.45, 7) is 2.82. The zero-order valence-corrected chi connectivity index (χ0v) is 12.3. The van der Waals surface area contributed by atoms with Crippen LogP contribution in [0.2, 0.25) is 0 Å². The smallest absolute Gasteiger partial charge is 0.322 e. The molecule has 5 heteroatoms. The van der Waals surface area contributed by atoms with Gasteiger partial charge in [0.2, 0.25) is 0 Å². The molecule has 1 saturated carbocycles. The molecule has 2 N–H and O–H groups in total. The number of aliphatic carboxylic acids is 1. The summed E-state index contributed by atoms with van der Waals surface area (Å²) < 4.78 is 0. The minimum absolute atomic E-state index is 0.0637. The molecule has 0 radical (unpaired) electrons. The van der Waals surface area contributed by atoms with Crippen LogP contribution in [-0.2, 0) is 11.2 Å². The minimum atomic E-state index is -0.832. The van der Waals surface area contributed by atoms with Crippen LogP contribution in [0.1, 0.15) is 38.2 Å². The molecule has 0 aliphatic heterocycles. The van der Waals surface area contributed by atoms with E-state index in [1.807, 2.05) is 29.2 Å². The monoisotopic (exact) mass is 290 g/mol. The lowest BCUT2D eigenvalue weighted by molar-refractivity contribution is -0.136. The predicted octanol–water partition coefficient (Wildman–Crippen LogP) is 3.11. The van der Waals surface area contributed by atoms with Crippen molar-refractivity contribution < 1.29 is 14.7 Å². The average Bonchev–Trinajstić information content (AvgIpc) is 3.28. The van der Waals surface area contributed by atoms with Gasteiger partial charge in [-0.15, -0.1) is 0 Å². The second-order valence-electron chi connectivity index (χ2n) is 5.41. The van der Waals surface area contributed by atoms with Gasteiger partial charge < -0.3 is 15.3 Å². The molecule has 0 bridgehead atoms. The summed E-state index contributed by atoms with van der Waals surface area (Å²) in [4.78, 5) is 25.0. The zero-order valence-electron chi connectivity index (χ0n) is 12.3. The summed E-state index contributed by atoms with van der Waals surface area (Å²) in [6.07, 6.45) is 3.57. The van der Waals surface area contributed by atoms with Crippen molar-refractivity contribution in [2.24, 2.45) is 0 Å². The second kappa shape index (κ2) is 7.11. The number of nitrogens with one attached hydrogen (secondary N) is 1. The number of anilines is 1. The van der Waals surface area contributed by atoms with Crippen LogP contribution in [0.5, 0.6) is 0 Å². The minimum Gasteiger partial charge on any atom is -0.481 e. The van der Waals surface area contributed by atoms with Crippen LogP contribution in [0.15, 0.2) is 24.3 Å². The molecule has 1 aliphatic rings. The lowest BCUT2D eigenvalue weighted by Crippen LogP contribution is -2.37. The summed E-state index contributed by atoms with van der Waals surface area (Å²) in [7, 11) is 0. The van der Waals surface area contributed by atoms with E-state index in [2.05, 4.69) is 12.2 Å². The highest BCUT2D eigenvalue weighted by Gasteiger charge is 2.32. The van der Waals surface area contributed by atoms with Crippen molar-refractivity contribution in [3.05, 3.63) is 29.8 Å². The Balaban J connectivity index is 2.03. The topological polar surface area (TPSA) is 69.6 Å². The lowest BCUT2D eigenvalue weighted by atomic mass is 10.1.